The molecule has 4 N–H and O–H groups in total. The van der Waals surface area contributed by atoms with E-state index in [1.807, 2.05) is 14.1 Å². The standard InChI is InChI=1S/C24H21ClFN3O4.C22H16ClFN2O5.C2H7N/c1-28(2)22(31)20-19(15-5-3-13(25)11-18(15)27-20)21(30)29-9-7-24(8-10-29)17-6-4-14(26)12-16(17)23(32)33-24;23-11-1-3-13-16(9-11)25-18(20(28)29)17(13)19(27)26-7-5-22(6-8-26)15-4-2-12(24)10-14(15)21(30)31-22;1-3-2/h3-6,11-12,27H,7-10H2,1-2H3;1-4,9-10,25H,5-8H2,(H,28,29);3H,1-2H3. The Balaban J connectivity index is 0.000000172. The van der Waals surface area contributed by atoms with E-state index in [0.29, 0.717) is 87.3 Å². The van der Waals surface area contributed by atoms with E-state index in [-0.39, 0.29) is 53.0 Å². The number of aromatic amines is 2. The summed E-state index contributed by atoms with van der Waals surface area (Å²) >= 11 is 12.1. The van der Waals surface area contributed by atoms with Gasteiger partial charge in [-0.1, -0.05) is 47.5 Å². The molecule has 4 aliphatic rings. The minimum Gasteiger partial charge on any atom is -0.477 e. The molecule has 0 bridgehead atoms. The van der Waals surface area contributed by atoms with Gasteiger partial charge in [0.05, 0.1) is 22.3 Å². The molecule has 2 aromatic heterocycles. The number of nitrogens with zero attached hydrogens (tertiary/aromatic N) is 3. The van der Waals surface area contributed by atoms with Crippen LogP contribution < -0.4 is 5.32 Å². The van der Waals surface area contributed by atoms with Gasteiger partial charge in [0.15, 0.2) is 0 Å². The van der Waals surface area contributed by atoms with Gasteiger partial charge in [-0.2, -0.15) is 0 Å². The monoisotopic (exact) mass is 956 g/mol. The van der Waals surface area contributed by atoms with Crippen molar-refractivity contribution in [2.24, 2.45) is 0 Å². The maximum Gasteiger partial charge on any atom is 0.353 e. The zero-order chi connectivity index (χ0) is 48.1. The van der Waals surface area contributed by atoms with E-state index in [2.05, 4.69) is 15.3 Å². The maximum atomic E-state index is 13.6. The summed E-state index contributed by atoms with van der Waals surface area (Å²) in [4.78, 5) is 86.4. The predicted molar refractivity (Wildman–Crippen MR) is 244 cm³/mol. The molecule has 0 atom stereocenters. The molecule has 0 aliphatic carbocycles. The number of carboxylic acids is 1. The highest BCUT2D eigenvalue weighted by molar-refractivity contribution is 6.32. The summed E-state index contributed by atoms with van der Waals surface area (Å²) in [6.07, 6.45) is 1.43. The van der Waals surface area contributed by atoms with Crippen molar-refractivity contribution in [3.8, 4) is 0 Å². The van der Waals surface area contributed by atoms with Gasteiger partial charge in [0.2, 0.25) is 0 Å². The number of halogens is 4. The van der Waals surface area contributed by atoms with Crippen molar-refractivity contribution in [3.63, 3.8) is 0 Å². The van der Waals surface area contributed by atoms with Gasteiger partial charge in [-0.3, -0.25) is 14.4 Å². The molecule has 0 radical (unpaired) electrons. The number of aromatic carboxylic acids is 1. The molecule has 6 aromatic rings. The number of likely N-dealkylation sites (tertiary alicyclic amines) is 2. The molecule has 19 heteroatoms. The molecule has 4 aliphatic heterocycles. The average Bonchev–Trinajstić information content (AvgIpc) is 4.01. The van der Waals surface area contributed by atoms with Gasteiger partial charge in [0.1, 0.15) is 34.2 Å². The first kappa shape index (κ1) is 46.7. The Bertz CT molecular complexity index is 3030. The van der Waals surface area contributed by atoms with E-state index in [1.165, 1.54) is 29.2 Å². The summed E-state index contributed by atoms with van der Waals surface area (Å²) in [5.74, 6) is -4.40. The number of H-pyrrole nitrogens is 2. The number of carbonyl (C=O) groups is 6. The third kappa shape index (κ3) is 8.47. The summed E-state index contributed by atoms with van der Waals surface area (Å²) < 4.78 is 38.5. The van der Waals surface area contributed by atoms with E-state index in [9.17, 15) is 42.7 Å². The van der Waals surface area contributed by atoms with Crippen LogP contribution in [0.25, 0.3) is 21.8 Å². The minimum atomic E-state index is -1.25. The highest BCUT2D eigenvalue weighted by Gasteiger charge is 2.50. The summed E-state index contributed by atoms with van der Waals surface area (Å²) in [6, 6.07) is 18.0. The smallest absolute Gasteiger partial charge is 0.353 e. The van der Waals surface area contributed by atoms with E-state index in [1.54, 1.807) is 72.4 Å². The number of hydrogen-bond donors (Lipinski definition) is 4. The Labute approximate surface area is 391 Å². The Hall–Kier alpha value is -6.82. The van der Waals surface area contributed by atoms with Gasteiger partial charge >= 0.3 is 17.9 Å². The van der Waals surface area contributed by atoms with Gasteiger partial charge in [-0.15, -0.1) is 0 Å². The number of amides is 3. The number of piperidine rings is 2. The van der Waals surface area contributed by atoms with Gasteiger partial charge in [0, 0.05) is 109 Å². The third-order valence-electron chi connectivity index (χ3n) is 12.5. The minimum absolute atomic E-state index is 0.0704. The van der Waals surface area contributed by atoms with Crippen molar-refractivity contribution >= 4 is 80.6 Å². The SMILES string of the molecule is CN(C)C(=O)c1[nH]c2cc(Cl)ccc2c1C(=O)N1CCC2(CC1)OC(=O)c1cc(F)ccc12.CNC.O=C1OC2(CCN(C(=O)c3c(C(=O)O)[nH]c4cc(Cl)ccc34)CC2)c2ccc(F)cc21. The lowest BCUT2D eigenvalue weighted by Crippen LogP contribution is -2.45. The number of ether oxygens (including phenoxy) is 2. The van der Waals surface area contributed by atoms with Crippen LogP contribution >= 0.6 is 23.2 Å². The number of carbonyl (C=O) groups excluding carboxylic acids is 5. The second-order valence-electron chi connectivity index (χ2n) is 16.9. The van der Waals surface area contributed by atoms with Gasteiger partial charge in [0.25, 0.3) is 17.7 Å². The van der Waals surface area contributed by atoms with Crippen LogP contribution in [-0.4, -0.2) is 120 Å². The molecule has 3 amide bonds. The predicted octanol–water partition coefficient (Wildman–Crippen LogP) is 7.76. The highest BCUT2D eigenvalue weighted by Crippen LogP contribution is 2.46. The normalized spacial score (nSPS) is 16.4. The Morgan fingerprint density at radius 2 is 1.04 bits per heavy atom. The third-order valence-corrected chi connectivity index (χ3v) is 12.9. The fraction of sp³-hybridized carbons (Fsp3) is 0.292. The van der Waals surface area contributed by atoms with Crippen molar-refractivity contribution in [2.75, 3.05) is 54.4 Å². The van der Waals surface area contributed by atoms with Crippen LogP contribution in [0.15, 0.2) is 72.8 Å². The van der Waals surface area contributed by atoms with Crippen molar-refractivity contribution in [3.05, 3.63) is 139 Å². The van der Waals surface area contributed by atoms with Gasteiger partial charge in [-0.25, -0.2) is 23.2 Å². The molecule has 0 saturated carbocycles. The van der Waals surface area contributed by atoms with Crippen molar-refractivity contribution in [1.29, 1.82) is 0 Å². The molecular formula is C48H44Cl2F2N6O9. The van der Waals surface area contributed by atoms with E-state index < -0.39 is 46.7 Å². The second kappa shape index (κ2) is 18.1. The summed E-state index contributed by atoms with van der Waals surface area (Å²) in [5.41, 5.74) is 1.39. The lowest BCUT2D eigenvalue weighted by Gasteiger charge is -2.38. The number of rotatable bonds is 4. The van der Waals surface area contributed by atoms with Gasteiger partial charge in [-0.05, 0) is 62.6 Å². The highest BCUT2D eigenvalue weighted by atomic mass is 35.5. The fourth-order valence-electron chi connectivity index (χ4n) is 9.27. The lowest BCUT2D eigenvalue weighted by atomic mass is 9.83. The van der Waals surface area contributed by atoms with Crippen molar-refractivity contribution in [1.82, 2.24) is 30.0 Å². The molecule has 0 unspecified atom stereocenters. The van der Waals surface area contributed by atoms with Crippen LogP contribution in [0.4, 0.5) is 8.78 Å². The molecule has 2 saturated heterocycles. The number of carboxylic acid groups (broad SMARTS) is 1. The Kier molecular flexibility index (Phi) is 12.6. The van der Waals surface area contributed by atoms with Crippen LogP contribution in [0, 0.1) is 11.6 Å². The maximum absolute atomic E-state index is 13.6. The fourth-order valence-corrected chi connectivity index (χ4v) is 9.61. The van der Waals surface area contributed by atoms with Crippen LogP contribution in [0.5, 0.6) is 0 Å². The van der Waals surface area contributed by atoms with Crippen LogP contribution in [0.3, 0.4) is 0 Å². The van der Waals surface area contributed by atoms with Crippen LogP contribution in [0.1, 0.15) is 99.2 Å². The molecule has 15 nitrogen and oxygen atoms in total. The lowest BCUT2D eigenvalue weighted by molar-refractivity contribution is -0.0399. The number of nitrogens with one attached hydrogen (secondary N) is 3. The Morgan fingerprint density at radius 1 is 0.657 bits per heavy atom. The molecule has 2 fully saturated rings. The van der Waals surface area contributed by atoms with Crippen LogP contribution in [0.2, 0.25) is 10.0 Å². The summed E-state index contributed by atoms with van der Waals surface area (Å²) in [5, 5.41) is 14.3. The number of hydrogen-bond acceptors (Lipinski definition) is 9. The number of fused-ring (bicyclic) bond motifs is 6. The number of esters is 2. The first-order chi connectivity index (χ1) is 31.9. The molecule has 2 spiro atoms. The zero-order valence-corrected chi connectivity index (χ0v) is 38.2. The first-order valence-electron chi connectivity index (χ1n) is 21.2. The van der Waals surface area contributed by atoms with E-state index in [0.717, 1.165) is 0 Å². The summed E-state index contributed by atoms with van der Waals surface area (Å²) in [6.45, 7) is 1.14. The molecular weight excluding hydrogens is 913 g/mol. The largest absolute Gasteiger partial charge is 0.477 e. The molecule has 67 heavy (non-hydrogen) atoms. The number of benzene rings is 4. The van der Waals surface area contributed by atoms with Crippen molar-refractivity contribution < 1.29 is 52.1 Å². The van der Waals surface area contributed by atoms with E-state index in [4.69, 9.17) is 32.7 Å². The molecule has 6 heterocycles. The molecule has 4 aromatic carbocycles. The molecule has 10 rings (SSSR count). The Morgan fingerprint density at radius 3 is 1.43 bits per heavy atom. The first-order valence-corrected chi connectivity index (χ1v) is 22.0. The van der Waals surface area contributed by atoms with Gasteiger partial charge < -0.3 is 44.6 Å². The van der Waals surface area contributed by atoms with Crippen LogP contribution in [-0.2, 0) is 20.7 Å². The quantitative estimate of drug-likeness (QED) is 0.127. The number of aromatic nitrogens is 2. The van der Waals surface area contributed by atoms with Crippen molar-refractivity contribution in [2.45, 2.75) is 36.9 Å². The zero-order valence-electron chi connectivity index (χ0n) is 36.7. The van der Waals surface area contributed by atoms with E-state index >= 15 is 0 Å². The average molecular weight is 958 g/mol. The topological polar surface area (TPSA) is 194 Å². The second-order valence-corrected chi connectivity index (χ2v) is 17.7. The molecule has 348 valence electrons. The summed E-state index contributed by atoms with van der Waals surface area (Å²) in [7, 11) is 6.99.